The van der Waals surface area contributed by atoms with Crippen molar-refractivity contribution in [1.29, 1.82) is 0 Å². The fraction of sp³-hybridized carbons (Fsp3) is 0.133. The van der Waals surface area contributed by atoms with Crippen LogP contribution in [-0.4, -0.2) is 17.1 Å². The molecule has 120 valence electrons. The molecule has 6 nitrogen and oxygen atoms in total. The van der Waals surface area contributed by atoms with Gasteiger partial charge in [0.25, 0.3) is 5.69 Å². The lowest BCUT2D eigenvalue weighted by Gasteiger charge is -2.14. The number of anilines is 2. The molecule has 0 saturated heterocycles. The monoisotopic (exact) mass is 335 g/mol. The van der Waals surface area contributed by atoms with Gasteiger partial charge in [-0.05, 0) is 49.0 Å². The molecule has 0 aromatic heterocycles. The zero-order valence-corrected chi connectivity index (χ0v) is 13.2. The second kappa shape index (κ2) is 7.01. The molecule has 0 aliphatic heterocycles. The van der Waals surface area contributed by atoms with Gasteiger partial charge in [0.2, 0.25) is 0 Å². The minimum absolute atomic E-state index is 0.0977. The lowest BCUT2D eigenvalue weighted by molar-refractivity contribution is -0.384. The molecule has 0 bridgehead atoms. The minimum Gasteiger partial charge on any atom is -0.495 e. The van der Waals surface area contributed by atoms with Crippen LogP contribution in [0.4, 0.5) is 21.5 Å². The lowest BCUT2D eigenvalue weighted by atomic mass is 10.2. The smallest absolute Gasteiger partial charge is 0.295 e. The van der Waals surface area contributed by atoms with Crippen molar-refractivity contribution in [2.75, 3.05) is 17.7 Å². The van der Waals surface area contributed by atoms with E-state index in [-0.39, 0.29) is 10.8 Å². The molecule has 0 saturated carbocycles. The molecule has 23 heavy (non-hydrogen) atoms. The molecule has 0 spiro atoms. The third-order valence-electron chi connectivity index (χ3n) is 3.01. The number of hydrogen-bond acceptors (Lipinski definition) is 4. The van der Waals surface area contributed by atoms with Crippen LogP contribution < -0.4 is 15.4 Å². The van der Waals surface area contributed by atoms with Crippen LogP contribution in [0.25, 0.3) is 0 Å². The number of nitro benzene ring substituents is 1. The molecule has 0 amide bonds. The number of nitrogens with one attached hydrogen (secondary N) is 2. The molecule has 0 radical (unpaired) electrons. The highest BCUT2D eigenvalue weighted by Gasteiger charge is 2.16. The second-order valence-corrected chi connectivity index (χ2v) is 5.11. The number of hydrogen-bond donors (Lipinski definition) is 2. The number of halogens is 1. The molecule has 2 aromatic rings. The predicted molar refractivity (Wildman–Crippen MR) is 90.6 cm³/mol. The fourth-order valence-corrected chi connectivity index (χ4v) is 2.18. The first-order valence-corrected chi connectivity index (χ1v) is 6.98. The quantitative estimate of drug-likeness (QED) is 0.502. The molecule has 0 aliphatic carbocycles. The number of methoxy groups -OCH3 is 1. The maximum Gasteiger partial charge on any atom is 0.295 e. The number of rotatable bonds is 4. The molecule has 2 N–H and O–H groups in total. The van der Waals surface area contributed by atoms with Crippen LogP contribution in [0.3, 0.4) is 0 Å². The van der Waals surface area contributed by atoms with Gasteiger partial charge >= 0.3 is 0 Å². The van der Waals surface area contributed by atoms with E-state index in [1.165, 1.54) is 13.2 Å². The zero-order chi connectivity index (χ0) is 17.0. The molecule has 8 heteroatoms. The van der Waals surface area contributed by atoms with Crippen molar-refractivity contribution in [3.05, 3.63) is 57.9 Å². The first-order valence-electron chi connectivity index (χ1n) is 6.57. The Balaban J connectivity index is 2.21. The van der Waals surface area contributed by atoms with Gasteiger partial charge in [-0.3, -0.25) is 10.1 Å². The van der Waals surface area contributed by atoms with E-state index < -0.39 is 16.4 Å². The van der Waals surface area contributed by atoms with Crippen molar-refractivity contribution in [1.82, 2.24) is 0 Å². The number of thiocarbonyl (C=S) groups is 1. The van der Waals surface area contributed by atoms with Gasteiger partial charge < -0.3 is 15.4 Å². The third kappa shape index (κ3) is 4.13. The summed E-state index contributed by atoms with van der Waals surface area (Å²) in [6.07, 6.45) is 0. The van der Waals surface area contributed by atoms with Gasteiger partial charge in [0, 0.05) is 0 Å². The van der Waals surface area contributed by atoms with Crippen molar-refractivity contribution < 1.29 is 14.1 Å². The number of aryl methyl sites for hydroxylation is 1. The Hall–Kier alpha value is -2.74. The Morgan fingerprint density at radius 1 is 1.22 bits per heavy atom. The molecule has 2 aromatic carbocycles. The molecule has 0 unspecified atom stereocenters. The molecular weight excluding hydrogens is 321 g/mol. The Labute approximate surface area is 137 Å². The van der Waals surface area contributed by atoms with E-state index in [9.17, 15) is 14.5 Å². The van der Waals surface area contributed by atoms with Crippen LogP contribution >= 0.6 is 12.2 Å². The Morgan fingerprint density at radius 3 is 2.57 bits per heavy atom. The molecule has 0 heterocycles. The number of nitro groups is 1. The van der Waals surface area contributed by atoms with E-state index >= 15 is 0 Å². The first-order chi connectivity index (χ1) is 10.9. The van der Waals surface area contributed by atoms with Crippen molar-refractivity contribution in [2.24, 2.45) is 0 Å². The summed E-state index contributed by atoms with van der Waals surface area (Å²) in [6, 6.07) is 8.69. The summed E-state index contributed by atoms with van der Waals surface area (Å²) in [5, 5.41) is 16.7. The van der Waals surface area contributed by atoms with Crippen molar-refractivity contribution in [3.63, 3.8) is 0 Å². The third-order valence-corrected chi connectivity index (χ3v) is 3.21. The van der Waals surface area contributed by atoms with E-state index in [0.29, 0.717) is 11.4 Å². The molecule has 0 fully saturated rings. The van der Waals surface area contributed by atoms with Gasteiger partial charge in [-0.15, -0.1) is 0 Å². The van der Waals surface area contributed by atoms with E-state index in [2.05, 4.69) is 10.6 Å². The van der Waals surface area contributed by atoms with Crippen LogP contribution in [-0.2, 0) is 0 Å². The van der Waals surface area contributed by atoms with Crippen LogP contribution in [0, 0.1) is 22.9 Å². The van der Waals surface area contributed by atoms with Crippen molar-refractivity contribution in [2.45, 2.75) is 6.92 Å². The van der Waals surface area contributed by atoms with Crippen LogP contribution in [0.1, 0.15) is 5.56 Å². The van der Waals surface area contributed by atoms with E-state index in [1.54, 1.807) is 6.07 Å². The van der Waals surface area contributed by atoms with Gasteiger partial charge in [-0.25, -0.2) is 4.39 Å². The predicted octanol–water partition coefficient (Wildman–Crippen LogP) is 3.86. The average molecular weight is 335 g/mol. The fourth-order valence-electron chi connectivity index (χ4n) is 1.96. The Bertz CT molecular complexity index is 768. The van der Waals surface area contributed by atoms with E-state index in [1.807, 2.05) is 19.1 Å². The van der Waals surface area contributed by atoms with Gasteiger partial charge in [-0.1, -0.05) is 6.07 Å². The summed E-state index contributed by atoms with van der Waals surface area (Å²) in [5.74, 6) is -0.116. The average Bonchev–Trinajstić information content (AvgIpc) is 2.49. The van der Waals surface area contributed by atoms with E-state index in [0.717, 1.165) is 17.7 Å². The summed E-state index contributed by atoms with van der Waals surface area (Å²) < 4.78 is 18.4. The normalized spacial score (nSPS) is 10.0. The van der Waals surface area contributed by atoms with Gasteiger partial charge in [0.05, 0.1) is 23.8 Å². The summed E-state index contributed by atoms with van der Waals surface area (Å²) in [4.78, 5) is 10.3. The largest absolute Gasteiger partial charge is 0.495 e. The Morgan fingerprint density at radius 2 is 1.91 bits per heavy atom. The lowest BCUT2D eigenvalue weighted by Crippen LogP contribution is -2.20. The molecular formula is C15H14FN3O3S. The highest BCUT2D eigenvalue weighted by atomic mass is 32.1. The number of benzene rings is 2. The molecule has 0 aliphatic rings. The SMILES string of the molecule is COc1ccc(C)cc1NC(=S)Nc1ccc(F)cc1[N+](=O)[O-]. The van der Waals surface area contributed by atoms with Gasteiger partial charge in [-0.2, -0.15) is 0 Å². The second-order valence-electron chi connectivity index (χ2n) is 4.70. The topological polar surface area (TPSA) is 76.4 Å². The summed E-state index contributed by atoms with van der Waals surface area (Å²) >= 11 is 5.15. The summed E-state index contributed by atoms with van der Waals surface area (Å²) in [6.45, 7) is 1.91. The van der Waals surface area contributed by atoms with Crippen molar-refractivity contribution >= 4 is 34.4 Å². The highest BCUT2D eigenvalue weighted by molar-refractivity contribution is 7.80. The van der Waals surface area contributed by atoms with Crippen LogP contribution in [0.2, 0.25) is 0 Å². The van der Waals surface area contributed by atoms with Crippen LogP contribution in [0.15, 0.2) is 36.4 Å². The summed E-state index contributed by atoms with van der Waals surface area (Å²) in [7, 11) is 1.52. The van der Waals surface area contributed by atoms with E-state index in [4.69, 9.17) is 17.0 Å². The minimum atomic E-state index is -0.693. The first kappa shape index (κ1) is 16.6. The maximum absolute atomic E-state index is 13.1. The summed E-state index contributed by atoms with van der Waals surface area (Å²) in [5.41, 5.74) is 1.31. The standard InChI is InChI=1S/C15H14FN3O3S/c1-9-3-6-14(22-2)12(7-9)18-15(23)17-11-5-4-10(16)8-13(11)19(20)21/h3-8H,1-2H3,(H2,17,18,23). The highest BCUT2D eigenvalue weighted by Crippen LogP contribution is 2.27. The number of ether oxygens (including phenoxy) is 1. The van der Waals surface area contributed by atoms with Gasteiger partial charge in [0.1, 0.15) is 17.3 Å². The number of nitrogens with zero attached hydrogens (tertiary/aromatic N) is 1. The maximum atomic E-state index is 13.1. The zero-order valence-electron chi connectivity index (χ0n) is 12.4. The Kier molecular flexibility index (Phi) is 5.07. The van der Waals surface area contributed by atoms with Crippen LogP contribution in [0.5, 0.6) is 5.75 Å². The molecule has 2 rings (SSSR count). The van der Waals surface area contributed by atoms with Crippen molar-refractivity contribution in [3.8, 4) is 5.75 Å². The van der Waals surface area contributed by atoms with Gasteiger partial charge in [0.15, 0.2) is 5.11 Å². The molecule has 0 atom stereocenters.